The molecule has 1 heterocycles. The van der Waals surface area contributed by atoms with Crippen molar-refractivity contribution in [1.29, 1.82) is 5.26 Å². The Hall–Kier alpha value is -1.82. The first kappa shape index (κ1) is 14.1. The number of fused-ring (bicyclic) bond motifs is 1. The van der Waals surface area contributed by atoms with Crippen molar-refractivity contribution in [3.05, 3.63) is 35.4 Å². The van der Waals surface area contributed by atoms with Gasteiger partial charge in [0, 0.05) is 13.1 Å². The van der Waals surface area contributed by atoms with Crippen molar-refractivity contribution in [2.24, 2.45) is 5.41 Å². The molecule has 0 aromatic heterocycles. The highest BCUT2D eigenvalue weighted by molar-refractivity contribution is 5.85. The summed E-state index contributed by atoms with van der Waals surface area (Å²) >= 11 is 0. The van der Waals surface area contributed by atoms with Gasteiger partial charge in [-0.1, -0.05) is 43.5 Å². The van der Waals surface area contributed by atoms with Crippen LogP contribution in [0.5, 0.6) is 0 Å². The molecule has 21 heavy (non-hydrogen) atoms. The van der Waals surface area contributed by atoms with E-state index in [1.807, 2.05) is 11.0 Å². The SMILES string of the molecule is N#CC1(C(=O)N2CCCc3ccccc3C2)CCCCC1. The summed E-state index contributed by atoms with van der Waals surface area (Å²) in [5, 5.41) is 9.61. The van der Waals surface area contributed by atoms with Crippen molar-refractivity contribution < 1.29 is 4.79 Å². The third kappa shape index (κ3) is 2.68. The lowest BCUT2D eigenvalue weighted by Crippen LogP contribution is -2.44. The first-order chi connectivity index (χ1) is 10.2. The molecule has 1 amide bonds. The lowest BCUT2D eigenvalue weighted by molar-refractivity contribution is -0.141. The number of amides is 1. The summed E-state index contributed by atoms with van der Waals surface area (Å²) < 4.78 is 0. The summed E-state index contributed by atoms with van der Waals surface area (Å²) in [7, 11) is 0. The van der Waals surface area contributed by atoms with E-state index in [1.54, 1.807) is 0 Å². The van der Waals surface area contributed by atoms with E-state index in [1.165, 1.54) is 11.1 Å². The largest absolute Gasteiger partial charge is 0.337 e. The zero-order chi connectivity index (χ0) is 14.7. The number of carbonyl (C=O) groups excluding carboxylic acids is 1. The van der Waals surface area contributed by atoms with E-state index in [-0.39, 0.29) is 5.91 Å². The van der Waals surface area contributed by atoms with E-state index >= 15 is 0 Å². The molecule has 1 aliphatic heterocycles. The van der Waals surface area contributed by atoms with Gasteiger partial charge in [0.1, 0.15) is 5.41 Å². The van der Waals surface area contributed by atoms with Gasteiger partial charge in [0.15, 0.2) is 0 Å². The molecule has 2 aliphatic rings. The second-order valence-electron chi connectivity index (χ2n) is 6.35. The van der Waals surface area contributed by atoms with Gasteiger partial charge in [-0.2, -0.15) is 5.26 Å². The first-order valence-corrected chi connectivity index (χ1v) is 8.03. The number of aryl methyl sites for hydroxylation is 1. The molecule has 0 radical (unpaired) electrons. The van der Waals surface area contributed by atoms with Gasteiger partial charge in [0.25, 0.3) is 0 Å². The van der Waals surface area contributed by atoms with Crippen molar-refractivity contribution in [1.82, 2.24) is 4.90 Å². The summed E-state index contributed by atoms with van der Waals surface area (Å²) in [5.41, 5.74) is 1.84. The molecule has 1 saturated carbocycles. The Morgan fingerprint density at radius 2 is 1.81 bits per heavy atom. The maximum atomic E-state index is 13.0. The molecule has 3 heteroatoms. The second-order valence-corrected chi connectivity index (χ2v) is 6.35. The molecule has 0 bridgehead atoms. The third-order valence-electron chi connectivity index (χ3n) is 4.97. The van der Waals surface area contributed by atoms with Crippen LogP contribution in [0.1, 0.15) is 49.7 Å². The maximum absolute atomic E-state index is 13.0. The van der Waals surface area contributed by atoms with E-state index in [0.717, 1.165) is 51.5 Å². The molecule has 1 fully saturated rings. The molecule has 1 aliphatic carbocycles. The van der Waals surface area contributed by atoms with E-state index < -0.39 is 5.41 Å². The van der Waals surface area contributed by atoms with Crippen molar-refractivity contribution in [3.8, 4) is 6.07 Å². The van der Waals surface area contributed by atoms with Crippen molar-refractivity contribution in [2.75, 3.05) is 6.54 Å². The quantitative estimate of drug-likeness (QED) is 0.792. The van der Waals surface area contributed by atoms with Crippen LogP contribution in [0.15, 0.2) is 24.3 Å². The van der Waals surface area contributed by atoms with Gasteiger partial charge < -0.3 is 4.90 Å². The minimum Gasteiger partial charge on any atom is -0.337 e. The van der Waals surface area contributed by atoms with Gasteiger partial charge in [-0.3, -0.25) is 4.79 Å². The Bertz CT molecular complexity index is 567. The minimum atomic E-state index is -0.752. The van der Waals surface area contributed by atoms with Gasteiger partial charge in [-0.05, 0) is 36.8 Å². The van der Waals surface area contributed by atoms with E-state index in [2.05, 4.69) is 24.3 Å². The highest BCUT2D eigenvalue weighted by Gasteiger charge is 2.42. The van der Waals surface area contributed by atoms with Crippen molar-refractivity contribution in [2.45, 2.75) is 51.5 Å². The number of hydrogen-bond acceptors (Lipinski definition) is 2. The Morgan fingerprint density at radius 1 is 1.10 bits per heavy atom. The summed E-state index contributed by atoms with van der Waals surface area (Å²) in [6, 6.07) is 10.7. The highest BCUT2D eigenvalue weighted by Crippen LogP contribution is 2.38. The molecule has 0 saturated heterocycles. The van der Waals surface area contributed by atoms with Gasteiger partial charge in [0.05, 0.1) is 6.07 Å². The van der Waals surface area contributed by atoms with Gasteiger partial charge in [-0.25, -0.2) is 0 Å². The van der Waals surface area contributed by atoms with Crippen LogP contribution in [-0.2, 0) is 17.8 Å². The normalized spacial score (nSPS) is 21.0. The average molecular weight is 282 g/mol. The Kier molecular flexibility index (Phi) is 3.96. The number of nitrogens with zero attached hydrogens (tertiary/aromatic N) is 2. The van der Waals surface area contributed by atoms with Crippen LogP contribution in [0.25, 0.3) is 0 Å². The minimum absolute atomic E-state index is 0.0707. The first-order valence-electron chi connectivity index (χ1n) is 8.03. The molecule has 1 aromatic rings. The number of rotatable bonds is 1. The zero-order valence-electron chi connectivity index (χ0n) is 12.5. The number of benzene rings is 1. The molecular formula is C18H22N2O. The molecular weight excluding hydrogens is 260 g/mol. The van der Waals surface area contributed by atoms with Crippen LogP contribution in [0, 0.1) is 16.7 Å². The van der Waals surface area contributed by atoms with E-state index in [0.29, 0.717) is 6.54 Å². The number of hydrogen-bond donors (Lipinski definition) is 0. The predicted octanol–water partition coefficient (Wildman–Crippen LogP) is 3.44. The standard InChI is InChI=1S/C18H22N2O/c19-14-18(10-4-1-5-11-18)17(21)20-12-6-9-15-7-2-3-8-16(15)13-20/h2-3,7-8H,1,4-6,9-13H2. The molecule has 0 unspecified atom stereocenters. The summed E-state index contributed by atoms with van der Waals surface area (Å²) in [5.74, 6) is 0.0707. The highest BCUT2D eigenvalue weighted by atomic mass is 16.2. The van der Waals surface area contributed by atoms with E-state index in [9.17, 15) is 10.1 Å². The third-order valence-corrected chi connectivity index (χ3v) is 4.97. The second kappa shape index (κ2) is 5.89. The van der Waals surface area contributed by atoms with Crippen molar-refractivity contribution in [3.63, 3.8) is 0 Å². The molecule has 0 N–H and O–H groups in total. The van der Waals surface area contributed by atoms with Gasteiger partial charge in [-0.15, -0.1) is 0 Å². The monoisotopic (exact) mass is 282 g/mol. The van der Waals surface area contributed by atoms with Crippen LogP contribution in [0.4, 0.5) is 0 Å². The van der Waals surface area contributed by atoms with Crippen molar-refractivity contribution >= 4 is 5.91 Å². The topological polar surface area (TPSA) is 44.1 Å². The lowest BCUT2D eigenvalue weighted by atomic mass is 9.74. The lowest BCUT2D eigenvalue weighted by Gasteiger charge is -2.34. The summed E-state index contributed by atoms with van der Waals surface area (Å²) in [4.78, 5) is 14.9. The smallest absolute Gasteiger partial charge is 0.243 e. The fraction of sp³-hybridized carbons (Fsp3) is 0.556. The molecule has 1 aromatic carbocycles. The average Bonchev–Trinajstić information content (AvgIpc) is 2.77. The van der Waals surface area contributed by atoms with Gasteiger partial charge >= 0.3 is 0 Å². The molecule has 3 nitrogen and oxygen atoms in total. The number of nitriles is 1. The van der Waals surface area contributed by atoms with Crippen LogP contribution < -0.4 is 0 Å². The molecule has 0 spiro atoms. The summed E-state index contributed by atoms with van der Waals surface area (Å²) in [6.07, 6.45) is 6.65. The van der Waals surface area contributed by atoms with E-state index in [4.69, 9.17) is 0 Å². The molecule has 3 rings (SSSR count). The summed E-state index contributed by atoms with van der Waals surface area (Å²) in [6.45, 7) is 1.44. The Morgan fingerprint density at radius 3 is 2.52 bits per heavy atom. The zero-order valence-corrected chi connectivity index (χ0v) is 12.5. The van der Waals surface area contributed by atoms with Crippen LogP contribution in [0.3, 0.4) is 0 Å². The maximum Gasteiger partial charge on any atom is 0.243 e. The molecule has 0 atom stereocenters. The van der Waals surface area contributed by atoms with Crippen LogP contribution in [-0.4, -0.2) is 17.4 Å². The Balaban J connectivity index is 1.83. The molecule has 110 valence electrons. The van der Waals surface area contributed by atoms with Crippen LogP contribution >= 0.6 is 0 Å². The fourth-order valence-electron chi connectivity index (χ4n) is 3.71. The van der Waals surface area contributed by atoms with Crippen LogP contribution in [0.2, 0.25) is 0 Å². The fourth-order valence-corrected chi connectivity index (χ4v) is 3.71. The Labute approximate surface area is 126 Å². The number of carbonyl (C=O) groups is 1. The van der Waals surface area contributed by atoms with Gasteiger partial charge in [0.2, 0.25) is 5.91 Å². The predicted molar refractivity (Wildman–Crippen MR) is 81.3 cm³/mol.